The molecule has 12 heteroatoms. The molecular weight excluding hydrogens is 554 g/mol. The Balaban J connectivity index is 1.62. The van der Waals surface area contributed by atoms with E-state index in [1.807, 2.05) is 19.0 Å². The van der Waals surface area contributed by atoms with Gasteiger partial charge in [-0.25, -0.2) is 4.39 Å². The van der Waals surface area contributed by atoms with Crippen molar-refractivity contribution in [3.05, 3.63) is 81.5 Å². The Bertz CT molecular complexity index is 1530. The van der Waals surface area contributed by atoms with Crippen molar-refractivity contribution in [1.82, 2.24) is 14.4 Å². The second-order valence-electron chi connectivity index (χ2n) is 10.9. The standard InChI is InChI=1S/C30H33F4N5O3/c1-36-8-10-38(11-9-36)26-6-4-20(22-13-19(3-5-25(22)31)16-37(2)21-7-12-42-18-21)14-27(26)39-17-23(29(35)41)24(15-28(39)40)30(32,33)34/h3-6,13-15,17,21H,7-12,16,18H2,1-2H3,(H2,35,41). The van der Waals surface area contributed by atoms with Gasteiger partial charge in [-0.2, -0.15) is 13.2 Å². The second-order valence-corrected chi connectivity index (χ2v) is 10.9. The van der Waals surface area contributed by atoms with Crippen molar-refractivity contribution in [2.75, 3.05) is 58.4 Å². The van der Waals surface area contributed by atoms with Gasteiger partial charge in [0.25, 0.3) is 11.5 Å². The van der Waals surface area contributed by atoms with Crippen LogP contribution in [0.4, 0.5) is 23.2 Å². The van der Waals surface area contributed by atoms with E-state index in [1.165, 1.54) is 6.07 Å². The number of rotatable bonds is 7. The molecule has 0 spiro atoms. The molecule has 2 aromatic carbocycles. The molecule has 1 atom stereocenters. The number of piperazine rings is 1. The van der Waals surface area contributed by atoms with Crippen molar-refractivity contribution in [3.63, 3.8) is 0 Å². The van der Waals surface area contributed by atoms with Crippen molar-refractivity contribution >= 4 is 11.6 Å². The molecule has 0 saturated carbocycles. The normalized spacial score (nSPS) is 18.2. The smallest absolute Gasteiger partial charge is 0.380 e. The largest absolute Gasteiger partial charge is 0.417 e. The summed E-state index contributed by atoms with van der Waals surface area (Å²) in [5.41, 5.74) is 4.47. The van der Waals surface area contributed by atoms with Gasteiger partial charge in [-0.3, -0.25) is 19.1 Å². The Kier molecular flexibility index (Phi) is 8.40. The predicted molar refractivity (Wildman–Crippen MR) is 151 cm³/mol. The Morgan fingerprint density at radius 1 is 1.07 bits per heavy atom. The molecule has 1 amide bonds. The highest BCUT2D eigenvalue weighted by molar-refractivity contribution is 5.94. The molecule has 2 saturated heterocycles. The van der Waals surface area contributed by atoms with E-state index in [1.54, 1.807) is 30.3 Å². The number of carbonyl (C=O) groups excluding carboxylic acids is 1. The number of alkyl halides is 3. The maximum atomic E-state index is 15.3. The van der Waals surface area contributed by atoms with Crippen LogP contribution in [-0.2, 0) is 17.5 Å². The van der Waals surface area contributed by atoms with Crippen LogP contribution in [0.5, 0.6) is 0 Å². The third-order valence-corrected chi connectivity index (χ3v) is 8.01. The number of nitrogens with zero attached hydrogens (tertiary/aromatic N) is 4. The number of carbonyl (C=O) groups is 1. The fraction of sp³-hybridized carbons (Fsp3) is 0.400. The number of nitrogens with two attached hydrogens (primary N) is 1. The van der Waals surface area contributed by atoms with Gasteiger partial charge in [0, 0.05) is 63.2 Å². The number of pyridine rings is 1. The van der Waals surface area contributed by atoms with Crippen LogP contribution in [0.1, 0.15) is 27.9 Å². The third kappa shape index (κ3) is 6.20. The number of hydrogen-bond donors (Lipinski definition) is 1. The Labute approximate surface area is 240 Å². The molecule has 1 aromatic heterocycles. The number of amides is 1. The van der Waals surface area contributed by atoms with Crippen molar-refractivity contribution in [2.24, 2.45) is 5.73 Å². The van der Waals surface area contributed by atoms with Crippen LogP contribution in [0.2, 0.25) is 0 Å². The van der Waals surface area contributed by atoms with Crippen LogP contribution in [0.15, 0.2) is 53.5 Å². The van der Waals surface area contributed by atoms with Crippen LogP contribution in [0.3, 0.4) is 0 Å². The maximum Gasteiger partial charge on any atom is 0.417 e. The van der Waals surface area contributed by atoms with Crippen molar-refractivity contribution in [1.29, 1.82) is 0 Å². The van der Waals surface area contributed by atoms with E-state index in [9.17, 15) is 22.8 Å². The molecular formula is C30H33F4N5O3. The molecule has 2 aliphatic rings. The van der Waals surface area contributed by atoms with Crippen molar-refractivity contribution < 1.29 is 27.1 Å². The van der Waals surface area contributed by atoms with Crippen LogP contribution >= 0.6 is 0 Å². The molecule has 3 heterocycles. The van der Waals surface area contributed by atoms with Gasteiger partial charge >= 0.3 is 6.18 Å². The Morgan fingerprint density at radius 3 is 2.45 bits per heavy atom. The first-order valence-corrected chi connectivity index (χ1v) is 13.7. The summed E-state index contributed by atoms with van der Waals surface area (Å²) in [5.74, 6) is -1.80. The number of ether oxygens (including phenoxy) is 1. The lowest BCUT2D eigenvalue weighted by atomic mass is 10.00. The van der Waals surface area contributed by atoms with Crippen molar-refractivity contribution in [2.45, 2.75) is 25.2 Å². The zero-order chi connectivity index (χ0) is 30.2. The molecule has 8 nitrogen and oxygen atoms in total. The van der Waals surface area contributed by atoms with Gasteiger partial charge in [0.2, 0.25) is 0 Å². The molecule has 42 heavy (non-hydrogen) atoms. The summed E-state index contributed by atoms with van der Waals surface area (Å²) >= 11 is 0. The number of hydrogen-bond acceptors (Lipinski definition) is 6. The molecule has 0 aliphatic carbocycles. The number of aromatic nitrogens is 1. The summed E-state index contributed by atoms with van der Waals surface area (Å²) in [6.45, 7) is 4.55. The second kappa shape index (κ2) is 11.9. The lowest BCUT2D eigenvalue weighted by molar-refractivity contribution is -0.138. The van der Waals surface area contributed by atoms with E-state index in [0.717, 1.165) is 35.8 Å². The first-order chi connectivity index (χ1) is 19.9. The number of anilines is 1. The summed E-state index contributed by atoms with van der Waals surface area (Å²) in [7, 11) is 3.96. The lowest BCUT2D eigenvalue weighted by Gasteiger charge is -2.35. The van der Waals surface area contributed by atoms with Crippen LogP contribution < -0.4 is 16.2 Å². The van der Waals surface area contributed by atoms with E-state index in [0.29, 0.717) is 50.2 Å². The molecule has 224 valence electrons. The highest BCUT2D eigenvalue weighted by Gasteiger charge is 2.36. The van der Waals surface area contributed by atoms with E-state index < -0.39 is 34.6 Å². The minimum Gasteiger partial charge on any atom is -0.380 e. The Morgan fingerprint density at radius 2 is 1.81 bits per heavy atom. The maximum absolute atomic E-state index is 15.3. The van der Waals surface area contributed by atoms with Crippen LogP contribution in [0, 0.1) is 5.82 Å². The summed E-state index contributed by atoms with van der Waals surface area (Å²) in [6, 6.07) is 10.5. The van der Waals surface area contributed by atoms with Crippen molar-refractivity contribution in [3.8, 4) is 16.8 Å². The lowest BCUT2D eigenvalue weighted by Crippen LogP contribution is -2.45. The van der Waals surface area contributed by atoms with Gasteiger partial charge < -0.3 is 20.3 Å². The average molecular weight is 588 g/mol. The van der Waals surface area contributed by atoms with Crippen LogP contribution in [-0.4, -0.2) is 79.8 Å². The summed E-state index contributed by atoms with van der Waals surface area (Å²) in [6.07, 6.45) is -3.21. The van der Waals surface area contributed by atoms with E-state index in [4.69, 9.17) is 10.5 Å². The van der Waals surface area contributed by atoms with E-state index >= 15 is 4.39 Å². The fourth-order valence-corrected chi connectivity index (χ4v) is 5.53. The fourth-order valence-electron chi connectivity index (χ4n) is 5.53. The molecule has 3 aromatic rings. The third-order valence-electron chi connectivity index (χ3n) is 8.01. The number of likely N-dealkylation sites (N-methyl/N-ethyl adjacent to an activating group) is 2. The molecule has 2 aliphatic heterocycles. The first-order valence-electron chi connectivity index (χ1n) is 13.7. The topological polar surface area (TPSA) is 84.0 Å². The van der Waals surface area contributed by atoms with Gasteiger partial charge in [-0.05, 0) is 55.9 Å². The van der Waals surface area contributed by atoms with E-state index in [2.05, 4.69) is 9.80 Å². The zero-order valence-corrected chi connectivity index (χ0v) is 23.5. The van der Waals surface area contributed by atoms with Crippen LogP contribution in [0.25, 0.3) is 16.8 Å². The highest BCUT2D eigenvalue weighted by Crippen LogP contribution is 2.35. The molecule has 5 rings (SSSR count). The minimum atomic E-state index is -4.95. The van der Waals surface area contributed by atoms with Gasteiger partial charge in [0.1, 0.15) is 5.82 Å². The Hall–Kier alpha value is -3.74. The summed E-state index contributed by atoms with van der Waals surface area (Å²) in [5, 5.41) is 0. The number of halogens is 4. The molecule has 2 fully saturated rings. The predicted octanol–water partition coefficient (Wildman–Crippen LogP) is 3.73. The molecule has 0 radical (unpaired) electrons. The molecule has 0 bridgehead atoms. The quantitative estimate of drug-likeness (QED) is 0.425. The molecule has 1 unspecified atom stereocenters. The average Bonchev–Trinajstić information content (AvgIpc) is 3.49. The van der Waals surface area contributed by atoms with Gasteiger partial charge in [0.05, 0.1) is 29.1 Å². The summed E-state index contributed by atoms with van der Waals surface area (Å²) < 4.78 is 62.7. The first kappa shape index (κ1) is 29.7. The van der Waals surface area contributed by atoms with Gasteiger partial charge in [-0.15, -0.1) is 0 Å². The molecule has 2 N–H and O–H groups in total. The summed E-state index contributed by atoms with van der Waals surface area (Å²) in [4.78, 5) is 31.5. The SMILES string of the molecule is CN1CCN(c2ccc(-c3cc(CN(C)C4CCOC4)ccc3F)cc2-n2cc(C(N)=O)c(C(F)(F)F)cc2=O)CC1. The van der Waals surface area contributed by atoms with Gasteiger partial charge in [0.15, 0.2) is 0 Å². The highest BCUT2D eigenvalue weighted by atomic mass is 19.4. The number of primary amides is 1. The van der Waals surface area contributed by atoms with E-state index in [-0.39, 0.29) is 17.3 Å². The monoisotopic (exact) mass is 587 g/mol. The minimum absolute atomic E-state index is 0.225. The number of benzene rings is 2. The zero-order valence-electron chi connectivity index (χ0n) is 23.5. The van der Waals surface area contributed by atoms with Gasteiger partial charge in [-0.1, -0.05) is 12.1 Å².